The fourth-order valence-electron chi connectivity index (χ4n) is 2.60. The van der Waals surface area contributed by atoms with Crippen LogP contribution in [0.15, 0.2) is 24.5 Å². The molecule has 2 N–H and O–H groups in total. The van der Waals surface area contributed by atoms with Gasteiger partial charge in [-0.15, -0.1) is 0 Å². The van der Waals surface area contributed by atoms with Crippen molar-refractivity contribution in [3.63, 3.8) is 0 Å². The molecule has 0 aromatic carbocycles. The summed E-state index contributed by atoms with van der Waals surface area (Å²) in [6.45, 7) is 4.86. The first-order chi connectivity index (χ1) is 9.16. The number of rotatable bonds is 5. The lowest BCUT2D eigenvalue weighted by Gasteiger charge is -2.41. The van der Waals surface area contributed by atoms with E-state index < -0.39 is 5.97 Å². The van der Waals surface area contributed by atoms with Gasteiger partial charge < -0.3 is 10.4 Å². The van der Waals surface area contributed by atoms with Crippen LogP contribution in [0.5, 0.6) is 0 Å². The van der Waals surface area contributed by atoms with Gasteiger partial charge in [0.1, 0.15) is 0 Å². The predicted molar refractivity (Wildman–Crippen MR) is 72.8 cm³/mol. The third-order valence-electron chi connectivity index (χ3n) is 3.66. The number of aromatic nitrogens is 1. The van der Waals surface area contributed by atoms with Gasteiger partial charge in [0.2, 0.25) is 0 Å². The second-order valence-corrected chi connectivity index (χ2v) is 5.12. The molecule has 1 aromatic heterocycles. The van der Waals surface area contributed by atoms with Crippen molar-refractivity contribution >= 4 is 5.97 Å². The number of nitrogens with zero attached hydrogens (tertiary/aromatic N) is 2. The first-order valence-electron chi connectivity index (χ1n) is 6.74. The summed E-state index contributed by atoms with van der Waals surface area (Å²) in [7, 11) is 0. The highest BCUT2D eigenvalue weighted by Crippen LogP contribution is 2.18. The molecule has 19 heavy (non-hydrogen) atoms. The van der Waals surface area contributed by atoms with Gasteiger partial charge in [-0.3, -0.25) is 14.7 Å². The largest absolute Gasteiger partial charge is 0.481 e. The average Bonchev–Trinajstić information content (AvgIpc) is 2.40. The first kappa shape index (κ1) is 14.0. The van der Waals surface area contributed by atoms with E-state index in [9.17, 15) is 4.79 Å². The third kappa shape index (κ3) is 4.01. The zero-order valence-corrected chi connectivity index (χ0v) is 11.2. The third-order valence-corrected chi connectivity index (χ3v) is 3.66. The number of carbonyl (C=O) groups is 1. The number of nitrogens with one attached hydrogen (secondary N) is 1. The quantitative estimate of drug-likeness (QED) is 0.833. The van der Waals surface area contributed by atoms with E-state index in [4.69, 9.17) is 5.11 Å². The Hall–Kier alpha value is -1.46. The minimum Gasteiger partial charge on any atom is -0.481 e. The molecule has 0 aliphatic carbocycles. The number of hydrogen-bond acceptors (Lipinski definition) is 4. The molecule has 2 atom stereocenters. The van der Waals surface area contributed by atoms with E-state index >= 15 is 0 Å². The van der Waals surface area contributed by atoms with Crippen molar-refractivity contribution in [2.75, 3.05) is 13.1 Å². The van der Waals surface area contributed by atoms with Crippen molar-refractivity contribution in [2.24, 2.45) is 0 Å². The highest BCUT2D eigenvalue weighted by Gasteiger charge is 2.27. The van der Waals surface area contributed by atoms with E-state index in [2.05, 4.69) is 22.1 Å². The Morgan fingerprint density at radius 1 is 1.47 bits per heavy atom. The van der Waals surface area contributed by atoms with Gasteiger partial charge in [-0.05, 0) is 31.0 Å². The molecule has 1 aliphatic rings. The van der Waals surface area contributed by atoms with Crippen molar-refractivity contribution in [1.82, 2.24) is 15.2 Å². The normalized spacial score (nSPS) is 24.3. The van der Waals surface area contributed by atoms with Gasteiger partial charge in [-0.2, -0.15) is 0 Å². The number of aliphatic carboxylic acids is 1. The van der Waals surface area contributed by atoms with E-state index in [-0.39, 0.29) is 12.5 Å². The van der Waals surface area contributed by atoms with Crippen LogP contribution in [-0.4, -0.2) is 46.1 Å². The van der Waals surface area contributed by atoms with Gasteiger partial charge in [-0.1, -0.05) is 0 Å². The molecule has 1 fully saturated rings. The summed E-state index contributed by atoms with van der Waals surface area (Å²) in [4.78, 5) is 17.2. The average molecular weight is 263 g/mol. The van der Waals surface area contributed by atoms with Crippen LogP contribution >= 0.6 is 0 Å². The van der Waals surface area contributed by atoms with Gasteiger partial charge in [0, 0.05) is 50.5 Å². The van der Waals surface area contributed by atoms with E-state index in [1.54, 1.807) is 12.4 Å². The smallest absolute Gasteiger partial charge is 0.303 e. The minimum atomic E-state index is -0.720. The summed E-state index contributed by atoms with van der Waals surface area (Å²) in [6, 6.07) is 4.74. The Kier molecular flexibility index (Phi) is 4.87. The topological polar surface area (TPSA) is 65.5 Å². The fraction of sp³-hybridized carbons (Fsp3) is 0.571. The molecule has 2 heterocycles. The van der Waals surface area contributed by atoms with Gasteiger partial charge in [0.25, 0.3) is 0 Å². The molecular formula is C14H21N3O2. The number of carboxylic acid groups (broad SMARTS) is 1. The summed E-state index contributed by atoms with van der Waals surface area (Å²) in [5, 5.41) is 12.2. The Morgan fingerprint density at radius 2 is 2.21 bits per heavy atom. The summed E-state index contributed by atoms with van der Waals surface area (Å²) in [5.41, 5.74) is 1.23. The molecule has 0 amide bonds. The SMILES string of the molecule is CC1CNCC(CCC(=O)O)N1Cc1ccncc1. The maximum absolute atomic E-state index is 10.7. The number of hydrogen-bond donors (Lipinski definition) is 2. The summed E-state index contributed by atoms with van der Waals surface area (Å²) in [6.07, 6.45) is 4.52. The summed E-state index contributed by atoms with van der Waals surface area (Å²) in [5.74, 6) is -0.720. The van der Waals surface area contributed by atoms with E-state index in [0.29, 0.717) is 12.5 Å². The zero-order valence-electron chi connectivity index (χ0n) is 11.2. The van der Waals surface area contributed by atoms with E-state index in [1.807, 2.05) is 12.1 Å². The standard InChI is InChI=1S/C14H21N3O2/c1-11-8-16-9-13(2-3-14(18)19)17(11)10-12-4-6-15-7-5-12/h4-7,11,13,16H,2-3,8-10H2,1H3,(H,18,19). The van der Waals surface area contributed by atoms with Crippen LogP contribution in [0.2, 0.25) is 0 Å². The van der Waals surface area contributed by atoms with Crippen LogP contribution in [0.4, 0.5) is 0 Å². The highest BCUT2D eigenvalue weighted by atomic mass is 16.4. The summed E-state index contributed by atoms with van der Waals surface area (Å²) < 4.78 is 0. The molecule has 2 rings (SSSR count). The van der Waals surface area contributed by atoms with Crippen molar-refractivity contribution < 1.29 is 9.90 Å². The molecule has 104 valence electrons. The second kappa shape index (κ2) is 6.63. The molecule has 0 saturated carbocycles. The molecule has 1 aromatic rings. The van der Waals surface area contributed by atoms with Crippen LogP contribution < -0.4 is 5.32 Å². The van der Waals surface area contributed by atoms with Gasteiger partial charge in [-0.25, -0.2) is 0 Å². The van der Waals surface area contributed by atoms with Crippen molar-refractivity contribution in [2.45, 2.75) is 38.4 Å². The van der Waals surface area contributed by atoms with E-state index in [0.717, 1.165) is 19.6 Å². The molecular weight excluding hydrogens is 242 g/mol. The van der Waals surface area contributed by atoms with E-state index in [1.165, 1.54) is 5.56 Å². The van der Waals surface area contributed by atoms with Crippen LogP contribution in [0.1, 0.15) is 25.3 Å². The zero-order chi connectivity index (χ0) is 13.7. The number of piperazine rings is 1. The minimum absolute atomic E-state index is 0.228. The number of carboxylic acids is 1. The summed E-state index contributed by atoms with van der Waals surface area (Å²) >= 11 is 0. The fourth-order valence-corrected chi connectivity index (χ4v) is 2.60. The lowest BCUT2D eigenvalue weighted by Crippen LogP contribution is -2.55. The van der Waals surface area contributed by atoms with Gasteiger partial charge in [0.15, 0.2) is 0 Å². The van der Waals surface area contributed by atoms with Crippen LogP contribution in [-0.2, 0) is 11.3 Å². The molecule has 5 heteroatoms. The maximum atomic E-state index is 10.7. The van der Waals surface area contributed by atoms with Crippen molar-refractivity contribution in [3.05, 3.63) is 30.1 Å². The number of pyridine rings is 1. The molecule has 5 nitrogen and oxygen atoms in total. The predicted octanol–water partition coefficient (Wildman–Crippen LogP) is 1.11. The molecule has 0 spiro atoms. The van der Waals surface area contributed by atoms with Crippen molar-refractivity contribution in [3.8, 4) is 0 Å². The van der Waals surface area contributed by atoms with Crippen molar-refractivity contribution in [1.29, 1.82) is 0 Å². The Bertz CT molecular complexity index is 410. The van der Waals surface area contributed by atoms with Crippen LogP contribution in [0.25, 0.3) is 0 Å². The first-order valence-corrected chi connectivity index (χ1v) is 6.74. The lowest BCUT2D eigenvalue weighted by molar-refractivity contribution is -0.137. The molecule has 0 radical (unpaired) electrons. The highest BCUT2D eigenvalue weighted by molar-refractivity contribution is 5.66. The monoisotopic (exact) mass is 263 g/mol. The van der Waals surface area contributed by atoms with Gasteiger partial charge >= 0.3 is 5.97 Å². The molecule has 0 bridgehead atoms. The molecule has 1 aliphatic heterocycles. The Morgan fingerprint density at radius 3 is 2.89 bits per heavy atom. The lowest BCUT2D eigenvalue weighted by atomic mass is 10.0. The second-order valence-electron chi connectivity index (χ2n) is 5.12. The van der Waals surface area contributed by atoms with Gasteiger partial charge in [0.05, 0.1) is 0 Å². The maximum Gasteiger partial charge on any atom is 0.303 e. The Balaban J connectivity index is 2.01. The molecule has 2 unspecified atom stereocenters. The molecule has 1 saturated heterocycles. The van der Waals surface area contributed by atoms with Crippen LogP contribution in [0.3, 0.4) is 0 Å². The Labute approximate surface area is 113 Å². The van der Waals surface area contributed by atoms with Crippen LogP contribution in [0, 0.1) is 0 Å².